The lowest BCUT2D eigenvalue weighted by molar-refractivity contribution is -0.141. The molecule has 2 rings (SSSR count). The summed E-state index contributed by atoms with van der Waals surface area (Å²) in [5.41, 5.74) is 0.936. The summed E-state index contributed by atoms with van der Waals surface area (Å²) in [4.78, 5) is 23.4. The molecule has 0 heterocycles. The molecule has 0 unspecified atom stereocenters. The summed E-state index contributed by atoms with van der Waals surface area (Å²) >= 11 is 2.09. The monoisotopic (exact) mass is 445 g/mol. The molecule has 0 aliphatic carbocycles. The van der Waals surface area contributed by atoms with Crippen LogP contribution in [0.5, 0.6) is 0 Å². The summed E-state index contributed by atoms with van der Waals surface area (Å²) in [6.45, 7) is 0. The number of carboxylic acids is 1. The molecule has 2 aromatic rings. The Kier molecular flexibility index (Phi) is 6.24. The third kappa shape index (κ3) is 5.26. The molecule has 0 aromatic heterocycles. The molecule has 4 nitrogen and oxygen atoms in total. The van der Waals surface area contributed by atoms with E-state index >= 15 is 0 Å². The highest BCUT2D eigenvalue weighted by molar-refractivity contribution is 14.1. The zero-order chi connectivity index (χ0) is 17.7. The maximum atomic E-state index is 13.1. The van der Waals surface area contributed by atoms with Crippen molar-refractivity contribution in [3.8, 4) is 0 Å². The molecule has 0 aliphatic heterocycles. The number of aliphatic carboxylic acids is 1. The highest BCUT2D eigenvalue weighted by atomic mass is 127. The van der Waals surface area contributed by atoms with Crippen LogP contribution in [0.25, 0.3) is 0 Å². The van der Waals surface area contributed by atoms with Gasteiger partial charge in [-0.15, -0.1) is 0 Å². The van der Waals surface area contributed by atoms with Gasteiger partial charge in [0.15, 0.2) is 0 Å². The Labute approximate surface area is 151 Å². The predicted molar refractivity (Wildman–Crippen MR) is 92.5 cm³/mol. The van der Waals surface area contributed by atoms with Crippen molar-refractivity contribution in [3.63, 3.8) is 0 Å². The van der Waals surface area contributed by atoms with Crippen LogP contribution in [0.4, 0.5) is 8.78 Å². The zero-order valence-corrected chi connectivity index (χ0v) is 14.6. The van der Waals surface area contributed by atoms with Gasteiger partial charge in [0.25, 0.3) is 0 Å². The molecule has 1 amide bonds. The Hall–Kier alpha value is -2.03. The van der Waals surface area contributed by atoms with E-state index < -0.39 is 29.6 Å². The first kappa shape index (κ1) is 18.3. The minimum Gasteiger partial charge on any atom is -0.480 e. The van der Waals surface area contributed by atoms with Crippen molar-refractivity contribution in [3.05, 3.63) is 68.8 Å². The van der Waals surface area contributed by atoms with Crippen molar-refractivity contribution in [2.45, 2.75) is 18.9 Å². The fourth-order valence-electron chi connectivity index (χ4n) is 2.23. The fourth-order valence-corrected chi connectivity index (χ4v) is 2.84. The smallest absolute Gasteiger partial charge is 0.326 e. The third-order valence-electron chi connectivity index (χ3n) is 3.30. The van der Waals surface area contributed by atoms with E-state index in [2.05, 4.69) is 27.9 Å². The molecule has 24 heavy (non-hydrogen) atoms. The van der Waals surface area contributed by atoms with Crippen molar-refractivity contribution in [2.24, 2.45) is 0 Å². The number of carbonyl (C=O) groups excluding carboxylic acids is 1. The molecule has 7 heteroatoms. The van der Waals surface area contributed by atoms with Gasteiger partial charge < -0.3 is 10.4 Å². The maximum Gasteiger partial charge on any atom is 0.326 e. The van der Waals surface area contributed by atoms with Crippen molar-refractivity contribution < 1.29 is 23.5 Å². The summed E-state index contributed by atoms with van der Waals surface area (Å²) in [5, 5.41) is 11.7. The van der Waals surface area contributed by atoms with Crippen LogP contribution in [-0.4, -0.2) is 23.0 Å². The van der Waals surface area contributed by atoms with Crippen LogP contribution in [0, 0.1) is 15.2 Å². The quantitative estimate of drug-likeness (QED) is 0.673. The molecule has 1 atom stereocenters. The molecular weight excluding hydrogens is 431 g/mol. The average Bonchev–Trinajstić information content (AvgIpc) is 2.47. The summed E-state index contributed by atoms with van der Waals surface area (Å²) in [6, 6.07) is 8.91. The number of benzene rings is 2. The molecule has 0 radical (unpaired) electrons. The first-order chi connectivity index (χ1) is 11.3. The Bertz CT molecular complexity index is 747. The van der Waals surface area contributed by atoms with Gasteiger partial charge in [-0.3, -0.25) is 4.79 Å². The van der Waals surface area contributed by atoms with Crippen molar-refractivity contribution in [1.82, 2.24) is 5.32 Å². The van der Waals surface area contributed by atoms with Crippen molar-refractivity contribution in [1.29, 1.82) is 0 Å². The van der Waals surface area contributed by atoms with E-state index in [1.54, 1.807) is 12.1 Å². The summed E-state index contributed by atoms with van der Waals surface area (Å²) in [7, 11) is 0. The van der Waals surface area contributed by atoms with Crippen LogP contribution in [0.2, 0.25) is 0 Å². The Balaban J connectivity index is 2.06. The number of halogens is 3. The topological polar surface area (TPSA) is 66.4 Å². The van der Waals surface area contributed by atoms with E-state index in [-0.39, 0.29) is 18.4 Å². The minimum atomic E-state index is -1.17. The number of nitrogens with one attached hydrogen (secondary N) is 1. The number of carboxylic acid groups (broad SMARTS) is 1. The standard InChI is InChI=1S/C17H14F2INO3/c18-12-5-10(6-13(19)9-12)7-16(22)21-15(17(23)24)8-11-3-1-2-4-14(11)20/h1-6,9,15H,7-8H2,(H,21,22)(H,23,24)/t15-/m0/s1. The molecule has 0 bridgehead atoms. The molecule has 2 N–H and O–H groups in total. The lowest BCUT2D eigenvalue weighted by atomic mass is 10.1. The van der Waals surface area contributed by atoms with Crippen LogP contribution in [0.1, 0.15) is 11.1 Å². The van der Waals surface area contributed by atoms with Crippen LogP contribution < -0.4 is 5.32 Å². The van der Waals surface area contributed by atoms with Gasteiger partial charge in [-0.1, -0.05) is 18.2 Å². The number of amides is 1. The second-order valence-electron chi connectivity index (χ2n) is 5.21. The molecule has 126 valence electrons. The maximum absolute atomic E-state index is 13.1. The molecule has 0 fully saturated rings. The molecule has 0 spiro atoms. The number of rotatable bonds is 6. The second kappa shape index (κ2) is 8.18. The molecule has 0 saturated heterocycles. The van der Waals surface area contributed by atoms with Crippen molar-refractivity contribution in [2.75, 3.05) is 0 Å². The Morgan fingerprint density at radius 1 is 1.12 bits per heavy atom. The number of hydrogen-bond acceptors (Lipinski definition) is 2. The van der Waals surface area contributed by atoms with E-state index in [0.717, 1.165) is 21.3 Å². The fraction of sp³-hybridized carbons (Fsp3) is 0.176. The normalized spacial score (nSPS) is 11.8. The lowest BCUT2D eigenvalue weighted by Gasteiger charge is -2.15. The van der Waals surface area contributed by atoms with E-state index in [4.69, 9.17) is 0 Å². The first-order valence-electron chi connectivity index (χ1n) is 7.05. The second-order valence-corrected chi connectivity index (χ2v) is 6.37. The summed E-state index contributed by atoms with van der Waals surface area (Å²) in [5.74, 6) is -3.36. The van der Waals surface area contributed by atoms with Gasteiger partial charge in [-0.05, 0) is 51.9 Å². The van der Waals surface area contributed by atoms with Gasteiger partial charge in [0.1, 0.15) is 17.7 Å². The van der Waals surface area contributed by atoms with Crippen LogP contribution in [0.3, 0.4) is 0 Å². The van der Waals surface area contributed by atoms with Crippen LogP contribution in [-0.2, 0) is 22.4 Å². The van der Waals surface area contributed by atoms with E-state index in [9.17, 15) is 23.5 Å². The molecule has 2 aromatic carbocycles. The van der Waals surface area contributed by atoms with Gasteiger partial charge >= 0.3 is 5.97 Å². The summed E-state index contributed by atoms with van der Waals surface area (Å²) in [6.07, 6.45) is -0.179. The average molecular weight is 445 g/mol. The zero-order valence-electron chi connectivity index (χ0n) is 12.4. The summed E-state index contributed by atoms with van der Waals surface area (Å²) < 4.78 is 27.2. The van der Waals surface area contributed by atoms with Gasteiger partial charge in [-0.2, -0.15) is 0 Å². The van der Waals surface area contributed by atoms with Gasteiger partial charge in [0, 0.05) is 16.1 Å². The number of carbonyl (C=O) groups is 2. The SMILES string of the molecule is O=C(Cc1cc(F)cc(F)c1)N[C@@H](Cc1ccccc1I)C(=O)O. The van der Waals surface area contributed by atoms with E-state index in [1.165, 1.54) is 0 Å². The highest BCUT2D eigenvalue weighted by Crippen LogP contribution is 2.14. The highest BCUT2D eigenvalue weighted by Gasteiger charge is 2.21. The van der Waals surface area contributed by atoms with Crippen LogP contribution >= 0.6 is 22.6 Å². The predicted octanol–water partition coefficient (Wildman–Crippen LogP) is 2.92. The minimum absolute atomic E-state index is 0.123. The lowest BCUT2D eigenvalue weighted by Crippen LogP contribution is -2.43. The third-order valence-corrected chi connectivity index (χ3v) is 4.35. The van der Waals surface area contributed by atoms with Crippen LogP contribution in [0.15, 0.2) is 42.5 Å². The molecular formula is C17H14F2INO3. The Morgan fingerprint density at radius 2 is 1.75 bits per heavy atom. The van der Waals surface area contributed by atoms with E-state index in [0.29, 0.717) is 6.07 Å². The van der Waals surface area contributed by atoms with E-state index in [1.807, 2.05) is 12.1 Å². The van der Waals surface area contributed by atoms with Crippen molar-refractivity contribution >= 4 is 34.5 Å². The Morgan fingerprint density at radius 3 is 2.33 bits per heavy atom. The molecule has 0 aliphatic rings. The van der Waals surface area contributed by atoms with Gasteiger partial charge in [-0.25, -0.2) is 13.6 Å². The van der Waals surface area contributed by atoms with Gasteiger partial charge in [0.05, 0.1) is 6.42 Å². The molecule has 0 saturated carbocycles. The first-order valence-corrected chi connectivity index (χ1v) is 8.13. The number of hydrogen-bond donors (Lipinski definition) is 2. The largest absolute Gasteiger partial charge is 0.480 e. The van der Waals surface area contributed by atoms with Gasteiger partial charge in [0.2, 0.25) is 5.91 Å².